The number of pyridine rings is 1. The number of nitrogens with zero attached hydrogens (tertiary/aromatic N) is 4. The van der Waals surface area contributed by atoms with Gasteiger partial charge in [-0.25, -0.2) is 9.67 Å². The van der Waals surface area contributed by atoms with Crippen molar-refractivity contribution in [2.75, 3.05) is 0 Å². The quantitative estimate of drug-likeness (QED) is 0.162. The van der Waals surface area contributed by atoms with Crippen LogP contribution in [-0.4, -0.2) is 19.3 Å². The largest absolute Gasteiger partial charge is 0.457 e. The molecule has 0 amide bonds. The highest BCUT2D eigenvalue weighted by molar-refractivity contribution is 6.09. The van der Waals surface area contributed by atoms with E-state index >= 15 is 0 Å². The first-order valence-electron chi connectivity index (χ1n) is 16.7. The van der Waals surface area contributed by atoms with Crippen LogP contribution in [0.25, 0.3) is 44.4 Å². The second-order valence-corrected chi connectivity index (χ2v) is 13.6. The summed E-state index contributed by atoms with van der Waals surface area (Å²) in [4.78, 5) is 4.72. The predicted molar refractivity (Wildman–Crippen MR) is 194 cm³/mol. The maximum Gasteiger partial charge on any atom is 0.137 e. The normalized spacial score (nSPS) is 11.7. The number of rotatable bonds is 9. The van der Waals surface area contributed by atoms with Gasteiger partial charge >= 0.3 is 0 Å². The Bertz CT molecular complexity index is 2220. The summed E-state index contributed by atoms with van der Waals surface area (Å²) in [5.41, 5.74) is 10.9. The topological polar surface area (TPSA) is 44.9 Å². The van der Waals surface area contributed by atoms with E-state index < -0.39 is 0 Å². The molecule has 0 N–H and O–H groups in total. The van der Waals surface area contributed by atoms with Crippen LogP contribution >= 0.6 is 0 Å². The van der Waals surface area contributed by atoms with Crippen LogP contribution < -0.4 is 4.74 Å². The summed E-state index contributed by atoms with van der Waals surface area (Å²) in [5.74, 6) is 3.61. The van der Waals surface area contributed by atoms with Crippen LogP contribution in [0.15, 0.2) is 110 Å². The average molecular weight is 619 g/mol. The summed E-state index contributed by atoms with van der Waals surface area (Å²) >= 11 is 0. The van der Waals surface area contributed by atoms with Crippen LogP contribution in [-0.2, 0) is 12.8 Å². The summed E-state index contributed by atoms with van der Waals surface area (Å²) in [5, 5.41) is 7.17. The molecule has 4 aromatic carbocycles. The lowest BCUT2D eigenvalue weighted by Crippen LogP contribution is -2.03. The lowest BCUT2D eigenvalue weighted by molar-refractivity contribution is 0.483. The number of fused-ring (bicyclic) bond motifs is 3. The Labute approximate surface area is 277 Å². The molecule has 0 radical (unpaired) electrons. The van der Waals surface area contributed by atoms with E-state index in [0.717, 1.165) is 52.4 Å². The average Bonchev–Trinajstić information content (AvgIpc) is 3.63. The van der Waals surface area contributed by atoms with Crippen molar-refractivity contribution in [3.8, 4) is 34.1 Å². The minimum atomic E-state index is 0.569. The van der Waals surface area contributed by atoms with Gasteiger partial charge in [-0.2, -0.15) is 5.10 Å². The number of hydrogen-bond acceptors (Lipinski definition) is 3. The molecule has 7 rings (SSSR count). The number of hydrogen-bond donors (Lipinski definition) is 0. The van der Waals surface area contributed by atoms with E-state index in [9.17, 15) is 0 Å². The summed E-state index contributed by atoms with van der Waals surface area (Å²) in [6.45, 7) is 13.5. The third-order valence-electron chi connectivity index (χ3n) is 8.71. The second-order valence-electron chi connectivity index (χ2n) is 13.6. The fourth-order valence-electron chi connectivity index (χ4n) is 6.87. The van der Waals surface area contributed by atoms with Crippen LogP contribution in [0.5, 0.6) is 11.5 Å². The van der Waals surface area contributed by atoms with Crippen LogP contribution in [0.1, 0.15) is 49.9 Å². The van der Waals surface area contributed by atoms with Crippen LogP contribution in [0.2, 0.25) is 0 Å². The fraction of sp³-hybridized carbons (Fsp3) is 0.238. The summed E-state index contributed by atoms with van der Waals surface area (Å²) in [6.07, 6.45) is 8.14. The number of aryl methyl sites for hydroxylation is 2. The van der Waals surface area contributed by atoms with E-state index in [0.29, 0.717) is 11.8 Å². The van der Waals surface area contributed by atoms with Gasteiger partial charge in [-0.15, -0.1) is 0 Å². The zero-order valence-electron chi connectivity index (χ0n) is 28.2. The zero-order valence-corrected chi connectivity index (χ0v) is 28.2. The Hall–Kier alpha value is -5.16. The first-order chi connectivity index (χ1) is 22.7. The third kappa shape index (κ3) is 6.18. The molecular formula is C42H42N4O. The Morgan fingerprint density at radius 2 is 1.51 bits per heavy atom. The Kier molecular flexibility index (Phi) is 8.15. The first kappa shape index (κ1) is 30.5. The molecule has 3 aromatic heterocycles. The van der Waals surface area contributed by atoms with Crippen molar-refractivity contribution in [1.82, 2.24) is 19.3 Å². The minimum Gasteiger partial charge on any atom is -0.457 e. The number of benzene rings is 4. The zero-order chi connectivity index (χ0) is 32.7. The van der Waals surface area contributed by atoms with Crippen molar-refractivity contribution >= 4 is 21.8 Å². The molecule has 5 nitrogen and oxygen atoms in total. The van der Waals surface area contributed by atoms with Crippen LogP contribution in [0.3, 0.4) is 0 Å². The van der Waals surface area contributed by atoms with Gasteiger partial charge in [-0.1, -0.05) is 64.1 Å². The molecule has 3 heterocycles. The standard InChI is InChI=1S/C42H42N4O/c1-27(2)18-31-21-30(6)42(32(22-31)19-28(3)4)33-25-44-45(26-33)34-10-9-11-35(23-34)47-36-14-15-38-37-12-7-8-13-39(37)46(40(38)24-36)41-20-29(5)16-17-43-41/h7-17,20-28H,18-19H2,1-6H3. The first-order valence-corrected chi connectivity index (χ1v) is 16.7. The molecule has 7 aromatic rings. The van der Waals surface area contributed by atoms with Gasteiger partial charge in [0.05, 0.1) is 22.9 Å². The Morgan fingerprint density at radius 3 is 2.32 bits per heavy atom. The fourth-order valence-corrected chi connectivity index (χ4v) is 6.87. The molecular weight excluding hydrogens is 576 g/mol. The summed E-state index contributed by atoms with van der Waals surface area (Å²) in [7, 11) is 0. The molecule has 0 spiro atoms. The van der Waals surface area contributed by atoms with Gasteiger partial charge in [0.2, 0.25) is 0 Å². The Morgan fingerprint density at radius 1 is 0.723 bits per heavy atom. The lowest BCUT2D eigenvalue weighted by atomic mass is 9.88. The third-order valence-corrected chi connectivity index (χ3v) is 8.71. The van der Waals surface area contributed by atoms with Gasteiger partial charge in [0, 0.05) is 40.9 Å². The van der Waals surface area contributed by atoms with Gasteiger partial charge in [-0.05, 0) is 109 Å². The summed E-state index contributed by atoms with van der Waals surface area (Å²) in [6, 6.07) is 31.8. The van der Waals surface area contributed by atoms with Gasteiger partial charge in [0.15, 0.2) is 0 Å². The molecule has 0 aliphatic rings. The van der Waals surface area contributed by atoms with Crippen LogP contribution in [0.4, 0.5) is 0 Å². The molecule has 0 atom stereocenters. The number of ether oxygens (including phenoxy) is 1. The number of para-hydroxylation sites is 1. The summed E-state index contributed by atoms with van der Waals surface area (Å²) < 4.78 is 10.7. The highest BCUT2D eigenvalue weighted by atomic mass is 16.5. The van der Waals surface area contributed by atoms with Gasteiger partial charge in [-0.3, -0.25) is 4.57 Å². The van der Waals surface area contributed by atoms with E-state index in [1.165, 1.54) is 38.6 Å². The number of aromatic nitrogens is 4. The predicted octanol–water partition coefficient (Wildman–Crippen LogP) is 10.8. The van der Waals surface area contributed by atoms with Crippen LogP contribution in [0, 0.1) is 25.7 Å². The lowest BCUT2D eigenvalue weighted by Gasteiger charge is -2.17. The highest BCUT2D eigenvalue weighted by Gasteiger charge is 2.17. The van der Waals surface area contributed by atoms with Crippen molar-refractivity contribution in [3.63, 3.8) is 0 Å². The molecule has 0 bridgehead atoms. The highest BCUT2D eigenvalue weighted by Crippen LogP contribution is 2.36. The van der Waals surface area contributed by atoms with Crippen molar-refractivity contribution in [2.45, 2.75) is 54.4 Å². The van der Waals surface area contributed by atoms with Gasteiger partial charge < -0.3 is 4.74 Å². The molecule has 0 aliphatic heterocycles. The van der Waals surface area contributed by atoms with E-state index in [1.807, 2.05) is 47.4 Å². The monoisotopic (exact) mass is 618 g/mol. The van der Waals surface area contributed by atoms with Gasteiger partial charge in [0.1, 0.15) is 17.3 Å². The van der Waals surface area contributed by atoms with E-state index in [4.69, 9.17) is 14.8 Å². The molecule has 0 saturated carbocycles. The molecule has 0 aliphatic carbocycles. The molecule has 236 valence electrons. The molecule has 5 heteroatoms. The van der Waals surface area contributed by atoms with Crippen molar-refractivity contribution in [1.29, 1.82) is 0 Å². The van der Waals surface area contributed by atoms with Crippen molar-refractivity contribution < 1.29 is 4.74 Å². The molecule has 47 heavy (non-hydrogen) atoms. The van der Waals surface area contributed by atoms with E-state index in [1.54, 1.807) is 0 Å². The smallest absolute Gasteiger partial charge is 0.137 e. The van der Waals surface area contributed by atoms with E-state index in [-0.39, 0.29) is 0 Å². The van der Waals surface area contributed by atoms with E-state index in [2.05, 4.69) is 113 Å². The van der Waals surface area contributed by atoms with Gasteiger partial charge in [0.25, 0.3) is 0 Å². The SMILES string of the molecule is Cc1ccnc(-n2c3ccccc3c3ccc(Oc4cccc(-n5cc(-c6c(C)cc(CC(C)C)cc6CC(C)C)cn5)c4)cc32)c1. The molecule has 0 unspecified atom stereocenters. The molecule has 0 fully saturated rings. The maximum absolute atomic E-state index is 6.50. The van der Waals surface area contributed by atoms with Crippen molar-refractivity contribution in [3.05, 3.63) is 132 Å². The Balaban J connectivity index is 1.22. The maximum atomic E-state index is 6.50. The van der Waals surface area contributed by atoms with Crippen molar-refractivity contribution in [2.24, 2.45) is 11.8 Å². The minimum absolute atomic E-state index is 0.569. The second kappa shape index (κ2) is 12.6. The molecule has 0 saturated heterocycles.